The lowest BCUT2D eigenvalue weighted by molar-refractivity contribution is -0.122. The van der Waals surface area contributed by atoms with E-state index in [9.17, 15) is 4.79 Å². The third-order valence-electron chi connectivity index (χ3n) is 3.92. The Morgan fingerprint density at radius 1 is 1.23 bits per heavy atom. The molecule has 2 heterocycles. The van der Waals surface area contributed by atoms with E-state index in [0.29, 0.717) is 5.95 Å². The summed E-state index contributed by atoms with van der Waals surface area (Å²) in [5.74, 6) is 0.285. The number of nitrogens with one attached hydrogen (secondary N) is 2. The first-order valence-corrected chi connectivity index (χ1v) is 7.38. The maximum atomic E-state index is 12.7. The summed E-state index contributed by atoms with van der Waals surface area (Å²) in [5, 5.41) is 9.23. The summed E-state index contributed by atoms with van der Waals surface area (Å²) in [7, 11) is 2.10. The molecule has 3 rings (SSSR count). The number of piperazine rings is 1. The molecule has 1 saturated heterocycles. The van der Waals surface area contributed by atoms with Crippen LogP contribution in [0.4, 0.5) is 5.95 Å². The highest BCUT2D eigenvalue weighted by molar-refractivity contribution is 5.94. The predicted octanol–water partition coefficient (Wildman–Crippen LogP) is 0.732. The first-order valence-electron chi connectivity index (χ1n) is 7.38. The van der Waals surface area contributed by atoms with Crippen molar-refractivity contribution in [2.45, 2.75) is 6.04 Å². The Balaban J connectivity index is 1.81. The van der Waals surface area contributed by atoms with Gasteiger partial charge in [0, 0.05) is 26.2 Å². The van der Waals surface area contributed by atoms with Crippen LogP contribution in [0.25, 0.3) is 0 Å². The van der Waals surface area contributed by atoms with Crippen molar-refractivity contribution >= 4 is 11.9 Å². The second kappa shape index (κ2) is 6.67. The highest BCUT2D eigenvalue weighted by Gasteiger charge is 2.30. The molecule has 7 nitrogen and oxygen atoms in total. The number of hydrogen-bond donors (Lipinski definition) is 2. The summed E-state index contributed by atoms with van der Waals surface area (Å²) in [6.07, 6.45) is 1.38. The predicted molar refractivity (Wildman–Crippen MR) is 83.3 cm³/mol. The topological polar surface area (TPSA) is 77.2 Å². The summed E-state index contributed by atoms with van der Waals surface area (Å²) in [5.41, 5.74) is 0.990. The normalized spacial score (nSPS) is 18.0. The Morgan fingerprint density at radius 3 is 2.59 bits per heavy atom. The van der Waals surface area contributed by atoms with E-state index in [1.165, 1.54) is 6.33 Å². The second-order valence-electron chi connectivity index (χ2n) is 5.48. The fraction of sp³-hybridized carbons (Fsp3) is 0.400. The molecule has 1 unspecified atom stereocenters. The summed E-state index contributed by atoms with van der Waals surface area (Å²) in [6, 6.07) is 9.53. The van der Waals surface area contributed by atoms with Crippen LogP contribution in [0.15, 0.2) is 36.7 Å². The number of carbonyl (C=O) groups is 1. The maximum absolute atomic E-state index is 12.7. The number of carbonyl (C=O) groups excluding carboxylic acids is 1. The number of amides is 1. The first kappa shape index (κ1) is 14.7. The second-order valence-corrected chi connectivity index (χ2v) is 5.48. The van der Waals surface area contributed by atoms with E-state index in [1.807, 2.05) is 30.3 Å². The zero-order valence-electron chi connectivity index (χ0n) is 12.6. The van der Waals surface area contributed by atoms with E-state index >= 15 is 0 Å². The average Bonchev–Trinajstić information content (AvgIpc) is 3.03. The SMILES string of the molecule is CN1CCN(C(C(=O)Nc2ncn[nH]2)c2ccccc2)CC1. The van der Waals surface area contributed by atoms with Gasteiger partial charge in [-0.15, -0.1) is 0 Å². The number of rotatable bonds is 4. The molecular weight excluding hydrogens is 280 g/mol. The van der Waals surface area contributed by atoms with Crippen LogP contribution in [0.2, 0.25) is 0 Å². The van der Waals surface area contributed by atoms with Gasteiger partial charge in [-0.2, -0.15) is 10.1 Å². The third-order valence-corrected chi connectivity index (χ3v) is 3.92. The van der Waals surface area contributed by atoms with Crippen LogP contribution in [-0.2, 0) is 4.79 Å². The molecule has 1 aromatic carbocycles. The molecule has 0 aliphatic carbocycles. The van der Waals surface area contributed by atoms with Crippen molar-refractivity contribution in [3.8, 4) is 0 Å². The van der Waals surface area contributed by atoms with Gasteiger partial charge < -0.3 is 4.90 Å². The van der Waals surface area contributed by atoms with Crippen LogP contribution in [0.5, 0.6) is 0 Å². The molecule has 1 aliphatic rings. The quantitative estimate of drug-likeness (QED) is 0.870. The summed E-state index contributed by atoms with van der Waals surface area (Å²) < 4.78 is 0. The highest BCUT2D eigenvalue weighted by Crippen LogP contribution is 2.23. The van der Waals surface area contributed by atoms with Gasteiger partial charge in [-0.05, 0) is 12.6 Å². The van der Waals surface area contributed by atoms with E-state index in [0.717, 1.165) is 31.7 Å². The van der Waals surface area contributed by atoms with Crippen molar-refractivity contribution in [1.82, 2.24) is 25.0 Å². The highest BCUT2D eigenvalue weighted by atomic mass is 16.2. The number of hydrogen-bond acceptors (Lipinski definition) is 5. The standard InChI is InChI=1S/C15H20N6O/c1-20-7-9-21(10-8-20)13(12-5-3-2-4-6-12)14(22)18-15-16-11-17-19-15/h2-6,11,13H,7-10H2,1H3,(H2,16,17,18,19,22). The Hall–Kier alpha value is -2.25. The van der Waals surface area contributed by atoms with Crippen molar-refractivity contribution in [1.29, 1.82) is 0 Å². The van der Waals surface area contributed by atoms with Crippen LogP contribution < -0.4 is 5.32 Å². The minimum Gasteiger partial charge on any atom is -0.304 e. The molecule has 0 saturated carbocycles. The minimum absolute atomic E-state index is 0.0903. The summed E-state index contributed by atoms with van der Waals surface area (Å²) >= 11 is 0. The van der Waals surface area contributed by atoms with Crippen LogP contribution in [0.1, 0.15) is 11.6 Å². The molecule has 22 heavy (non-hydrogen) atoms. The summed E-state index contributed by atoms with van der Waals surface area (Å²) in [6.45, 7) is 3.64. The number of nitrogens with zero attached hydrogens (tertiary/aromatic N) is 4. The molecule has 1 atom stereocenters. The van der Waals surface area contributed by atoms with Crippen LogP contribution in [0, 0.1) is 0 Å². The van der Waals surface area contributed by atoms with Crippen molar-refractivity contribution < 1.29 is 4.79 Å². The fourth-order valence-corrected chi connectivity index (χ4v) is 2.69. The van der Waals surface area contributed by atoms with Crippen molar-refractivity contribution in [3.63, 3.8) is 0 Å². The largest absolute Gasteiger partial charge is 0.304 e. The Bertz CT molecular complexity index is 592. The van der Waals surface area contributed by atoms with E-state index in [2.05, 4.69) is 37.3 Å². The molecule has 0 radical (unpaired) electrons. The van der Waals surface area contributed by atoms with Gasteiger partial charge in [0.05, 0.1) is 0 Å². The van der Waals surface area contributed by atoms with Crippen LogP contribution in [0.3, 0.4) is 0 Å². The lowest BCUT2D eigenvalue weighted by Gasteiger charge is -2.37. The molecular formula is C15H20N6O. The van der Waals surface area contributed by atoms with Gasteiger partial charge in [-0.25, -0.2) is 5.10 Å². The molecule has 1 amide bonds. The van der Waals surface area contributed by atoms with Crippen molar-refractivity contribution in [2.24, 2.45) is 0 Å². The van der Waals surface area contributed by atoms with Gasteiger partial charge in [0.25, 0.3) is 0 Å². The zero-order chi connectivity index (χ0) is 15.4. The zero-order valence-corrected chi connectivity index (χ0v) is 12.6. The van der Waals surface area contributed by atoms with Gasteiger partial charge in [-0.1, -0.05) is 30.3 Å². The molecule has 0 spiro atoms. The number of H-pyrrole nitrogens is 1. The number of aromatic amines is 1. The van der Waals surface area contributed by atoms with E-state index in [1.54, 1.807) is 0 Å². The monoisotopic (exact) mass is 300 g/mol. The smallest absolute Gasteiger partial charge is 0.248 e. The molecule has 1 aliphatic heterocycles. The molecule has 7 heteroatoms. The molecule has 2 aromatic rings. The summed E-state index contributed by atoms with van der Waals surface area (Å²) in [4.78, 5) is 21.2. The Kier molecular flexibility index (Phi) is 4.45. The molecule has 1 fully saturated rings. The van der Waals surface area contributed by atoms with Crippen LogP contribution in [-0.4, -0.2) is 64.1 Å². The van der Waals surface area contributed by atoms with Gasteiger partial charge in [0.15, 0.2) is 0 Å². The third kappa shape index (κ3) is 3.32. The molecule has 1 aromatic heterocycles. The number of aromatic nitrogens is 3. The van der Waals surface area contributed by atoms with Crippen molar-refractivity contribution in [2.75, 3.05) is 38.5 Å². The minimum atomic E-state index is -0.319. The lowest BCUT2D eigenvalue weighted by Crippen LogP contribution is -2.48. The fourth-order valence-electron chi connectivity index (χ4n) is 2.69. The maximum Gasteiger partial charge on any atom is 0.248 e. The number of anilines is 1. The average molecular weight is 300 g/mol. The van der Waals surface area contributed by atoms with Gasteiger partial charge in [0.1, 0.15) is 12.4 Å². The van der Waals surface area contributed by atoms with E-state index in [-0.39, 0.29) is 11.9 Å². The molecule has 2 N–H and O–H groups in total. The molecule has 116 valence electrons. The van der Waals surface area contributed by atoms with E-state index in [4.69, 9.17) is 0 Å². The van der Waals surface area contributed by atoms with Gasteiger partial charge in [-0.3, -0.25) is 15.0 Å². The Labute approximate surface area is 129 Å². The van der Waals surface area contributed by atoms with Crippen molar-refractivity contribution in [3.05, 3.63) is 42.2 Å². The lowest BCUT2D eigenvalue weighted by atomic mass is 10.0. The first-order chi connectivity index (χ1) is 10.7. The van der Waals surface area contributed by atoms with E-state index < -0.39 is 0 Å². The Morgan fingerprint density at radius 2 is 1.95 bits per heavy atom. The number of benzene rings is 1. The van der Waals surface area contributed by atoms with Crippen LogP contribution >= 0.6 is 0 Å². The number of likely N-dealkylation sites (N-methyl/N-ethyl adjacent to an activating group) is 1. The molecule has 0 bridgehead atoms. The van der Waals surface area contributed by atoms with Gasteiger partial charge >= 0.3 is 0 Å². The van der Waals surface area contributed by atoms with Gasteiger partial charge in [0.2, 0.25) is 11.9 Å².